The number of aryl methyl sites for hydroxylation is 2. The first kappa shape index (κ1) is 15.7. The average Bonchev–Trinajstić information content (AvgIpc) is 2.73. The van der Waals surface area contributed by atoms with Gasteiger partial charge in [-0.1, -0.05) is 12.1 Å². The Morgan fingerprint density at radius 3 is 2.33 bits per heavy atom. The molecule has 0 aliphatic carbocycles. The Morgan fingerprint density at radius 1 is 1.29 bits per heavy atom. The smallest absolute Gasteiger partial charge is 0.175 e. The van der Waals surface area contributed by atoms with Crippen LogP contribution in [-0.2, 0) is 23.3 Å². The predicted octanol–water partition coefficient (Wildman–Crippen LogP) is 1.64. The Kier molecular flexibility index (Phi) is 4.49. The third-order valence-corrected chi connectivity index (χ3v) is 4.70. The summed E-state index contributed by atoms with van der Waals surface area (Å²) in [5.41, 5.74) is 3.19. The molecule has 21 heavy (non-hydrogen) atoms. The number of nitrogens with one attached hydrogen (secondary N) is 1. The third-order valence-electron chi connectivity index (χ3n) is 3.57. The molecular weight excluding hydrogens is 286 g/mol. The molecule has 1 N–H and O–H groups in total. The molecule has 1 atom stereocenters. The van der Waals surface area contributed by atoms with Gasteiger partial charge in [-0.2, -0.15) is 5.10 Å². The highest BCUT2D eigenvalue weighted by Gasteiger charge is 2.14. The highest BCUT2D eigenvalue weighted by atomic mass is 32.2. The Hall–Kier alpha value is -1.66. The van der Waals surface area contributed by atoms with Gasteiger partial charge in [0.1, 0.15) is 0 Å². The van der Waals surface area contributed by atoms with E-state index in [1.807, 2.05) is 37.8 Å². The van der Waals surface area contributed by atoms with Gasteiger partial charge in [0, 0.05) is 31.5 Å². The summed E-state index contributed by atoms with van der Waals surface area (Å²) in [5.74, 6) is 0. The third kappa shape index (κ3) is 3.71. The molecular formula is C15H21N3O2S. The van der Waals surface area contributed by atoms with Crippen LogP contribution < -0.4 is 5.32 Å². The molecule has 2 aromatic rings. The van der Waals surface area contributed by atoms with Crippen LogP contribution in [0.3, 0.4) is 0 Å². The molecule has 5 nitrogen and oxygen atoms in total. The molecule has 0 spiro atoms. The Morgan fingerprint density at radius 2 is 1.90 bits per heavy atom. The molecule has 0 aliphatic rings. The zero-order valence-electron chi connectivity index (χ0n) is 12.8. The summed E-state index contributed by atoms with van der Waals surface area (Å²) in [6.07, 6.45) is 2.02. The van der Waals surface area contributed by atoms with Crippen molar-refractivity contribution in [3.63, 3.8) is 0 Å². The zero-order valence-corrected chi connectivity index (χ0v) is 13.6. The molecule has 0 bridgehead atoms. The number of nitrogens with zero attached hydrogens (tertiary/aromatic N) is 2. The lowest BCUT2D eigenvalue weighted by Gasteiger charge is -2.17. The highest BCUT2D eigenvalue weighted by molar-refractivity contribution is 7.90. The summed E-state index contributed by atoms with van der Waals surface area (Å²) in [5, 5.41) is 7.62. The first-order chi connectivity index (χ1) is 9.81. The van der Waals surface area contributed by atoms with E-state index in [4.69, 9.17) is 0 Å². The lowest BCUT2D eigenvalue weighted by molar-refractivity contribution is 0.561. The highest BCUT2D eigenvalue weighted by Crippen LogP contribution is 2.20. The van der Waals surface area contributed by atoms with Crippen molar-refractivity contribution in [3.05, 3.63) is 47.3 Å². The van der Waals surface area contributed by atoms with Crippen LogP contribution in [-0.4, -0.2) is 31.5 Å². The Labute approximate surface area is 125 Å². The van der Waals surface area contributed by atoms with E-state index in [9.17, 15) is 8.42 Å². The van der Waals surface area contributed by atoms with Crippen LogP contribution in [0.15, 0.2) is 35.2 Å². The van der Waals surface area contributed by atoms with E-state index in [2.05, 4.69) is 16.5 Å². The van der Waals surface area contributed by atoms with Crippen LogP contribution in [0.5, 0.6) is 0 Å². The fraction of sp³-hybridized carbons (Fsp3) is 0.400. The van der Waals surface area contributed by atoms with Crippen molar-refractivity contribution in [2.75, 3.05) is 13.3 Å². The van der Waals surface area contributed by atoms with E-state index in [1.165, 1.54) is 6.26 Å². The molecule has 1 unspecified atom stereocenters. The van der Waals surface area contributed by atoms with Crippen molar-refractivity contribution >= 4 is 9.84 Å². The van der Waals surface area contributed by atoms with Gasteiger partial charge in [-0.25, -0.2) is 8.42 Å². The van der Waals surface area contributed by atoms with E-state index in [0.29, 0.717) is 4.90 Å². The van der Waals surface area contributed by atoms with E-state index >= 15 is 0 Å². The topological polar surface area (TPSA) is 64.0 Å². The molecule has 0 radical (unpaired) electrons. The molecule has 0 saturated carbocycles. The summed E-state index contributed by atoms with van der Waals surface area (Å²) in [7, 11) is 0.685. The number of benzene rings is 1. The summed E-state index contributed by atoms with van der Waals surface area (Å²) < 4.78 is 24.9. The lowest BCUT2D eigenvalue weighted by atomic mass is 10.0. The van der Waals surface area contributed by atoms with Crippen molar-refractivity contribution in [1.29, 1.82) is 0 Å². The normalized spacial score (nSPS) is 13.3. The number of sulfone groups is 1. The molecule has 0 fully saturated rings. The quantitative estimate of drug-likeness (QED) is 0.912. The lowest BCUT2D eigenvalue weighted by Crippen LogP contribution is -2.20. The Balaban J connectivity index is 2.23. The van der Waals surface area contributed by atoms with Crippen LogP contribution in [0.1, 0.15) is 23.0 Å². The largest absolute Gasteiger partial charge is 0.313 e. The van der Waals surface area contributed by atoms with Crippen LogP contribution in [0.25, 0.3) is 0 Å². The summed E-state index contributed by atoms with van der Waals surface area (Å²) in [6.45, 7) is 1.97. The standard InChI is InChI=1S/C15H21N3O2S/c1-11-9-13(18(3)17-11)10-15(16-2)12-5-7-14(8-6-12)21(4,19)20/h5-9,15-16H,10H2,1-4H3. The zero-order chi connectivity index (χ0) is 15.6. The molecule has 6 heteroatoms. The van der Waals surface area contributed by atoms with Crippen molar-refractivity contribution in [3.8, 4) is 0 Å². The van der Waals surface area contributed by atoms with Crippen LogP contribution in [0.2, 0.25) is 0 Å². The Bertz CT molecular complexity index is 718. The van der Waals surface area contributed by atoms with E-state index in [0.717, 1.165) is 23.4 Å². The number of likely N-dealkylation sites (N-methyl/N-ethyl adjacent to an activating group) is 1. The number of hydrogen-bond donors (Lipinski definition) is 1. The summed E-state index contributed by atoms with van der Waals surface area (Å²) in [6, 6.07) is 9.22. The van der Waals surface area contributed by atoms with Crippen molar-refractivity contribution in [1.82, 2.24) is 15.1 Å². The second-order valence-electron chi connectivity index (χ2n) is 5.29. The maximum atomic E-state index is 11.5. The maximum Gasteiger partial charge on any atom is 0.175 e. The van der Waals surface area contributed by atoms with Crippen LogP contribution >= 0.6 is 0 Å². The van der Waals surface area contributed by atoms with Gasteiger partial charge in [0.05, 0.1) is 10.6 Å². The predicted molar refractivity (Wildman–Crippen MR) is 83.0 cm³/mol. The number of hydrogen-bond acceptors (Lipinski definition) is 4. The van der Waals surface area contributed by atoms with Crippen molar-refractivity contribution < 1.29 is 8.42 Å². The molecule has 1 aromatic carbocycles. The van der Waals surface area contributed by atoms with Crippen LogP contribution in [0, 0.1) is 6.92 Å². The molecule has 114 valence electrons. The minimum atomic E-state index is -3.15. The van der Waals surface area contributed by atoms with Gasteiger partial charge < -0.3 is 5.32 Å². The van der Waals surface area contributed by atoms with E-state index < -0.39 is 9.84 Å². The van der Waals surface area contributed by atoms with Crippen molar-refractivity contribution in [2.45, 2.75) is 24.3 Å². The fourth-order valence-electron chi connectivity index (χ4n) is 2.40. The molecule has 2 rings (SSSR count). The minimum absolute atomic E-state index is 0.119. The SMILES string of the molecule is CNC(Cc1cc(C)nn1C)c1ccc(S(C)(=O)=O)cc1. The van der Waals surface area contributed by atoms with Gasteiger partial charge >= 0.3 is 0 Å². The van der Waals surface area contributed by atoms with Gasteiger partial charge in [-0.15, -0.1) is 0 Å². The molecule has 0 aliphatic heterocycles. The number of aromatic nitrogens is 2. The van der Waals surface area contributed by atoms with Gasteiger partial charge in [0.15, 0.2) is 9.84 Å². The first-order valence-electron chi connectivity index (χ1n) is 6.78. The molecule has 1 aromatic heterocycles. The second kappa shape index (κ2) is 5.99. The minimum Gasteiger partial charge on any atom is -0.313 e. The second-order valence-corrected chi connectivity index (χ2v) is 7.30. The van der Waals surface area contributed by atoms with Crippen molar-refractivity contribution in [2.24, 2.45) is 7.05 Å². The van der Waals surface area contributed by atoms with Gasteiger partial charge in [-0.05, 0) is 37.7 Å². The van der Waals surface area contributed by atoms with E-state index in [-0.39, 0.29) is 6.04 Å². The summed E-state index contributed by atoms with van der Waals surface area (Å²) in [4.78, 5) is 0.345. The molecule has 0 amide bonds. The monoisotopic (exact) mass is 307 g/mol. The molecule has 1 heterocycles. The van der Waals surface area contributed by atoms with Gasteiger partial charge in [0.2, 0.25) is 0 Å². The molecule has 0 saturated heterocycles. The van der Waals surface area contributed by atoms with Gasteiger partial charge in [0.25, 0.3) is 0 Å². The number of rotatable bonds is 5. The van der Waals surface area contributed by atoms with Gasteiger partial charge in [-0.3, -0.25) is 4.68 Å². The van der Waals surface area contributed by atoms with Crippen LogP contribution in [0.4, 0.5) is 0 Å². The van der Waals surface area contributed by atoms with E-state index in [1.54, 1.807) is 12.1 Å². The average molecular weight is 307 g/mol. The fourth-order valence-corrected chi connectivity index (χ4v) is 3.03. The maximum absolute atomic E-state index is 11.5. The summed E-state index contributed by atoms with van der Waals surface area (Å²) >= 11 is 0. The first-order valence-corrected chi connectivity index (χ1v) is 8.67.